The van der Waals surface area contributed by atoms with Crippen molar-refractivity contribution in [2.45, 2.75) is 13.0 Å². The number of carbonyl (C=O) groups is 1. The average Bonchev–Trinajstić information content (AvgIpc) is 3.54. The fourth-order valence-electron chi connectivity index (χ4n) is 3.95. The van der Waals surface area contributed by atoms with E-state index in [4.69, 9.17) is 19.6 Å². The quantitative estimate of drug-likeness (QED) is 0.412. The number of benzene rings is 2. The fraction of sp³-hybridized carbons (Fsp3) is 0.160. The first-order valence-electron chi connectivity index (χ1n) is 10.7. The summed E-state index contributed by atoms with van der Waals surface area (Å²) in [6.45, 7) is 1.88. The van der Waals surface area contributed by atoms with E-state index in [9.17, 15) is 4.79 Å². The molecular weight excluding hydrogens is 450 g/mol. The molecule has 8 nitrogen and oxygen atoms in total. The molecule has 1 aliphatic heterocycles. The van der Waals surface area contributed by atoms with Crippen LogP contribution in [0.1, 0.15) is 17.8 Å². The van der Waals surface area contributed by atoms with Gasteiger partial charge in [0.1, 0.15) is 17.5 Å². The lowest BCUT2D eigenvalue weighted by atomic mass is 10.0. The molecule has 9 heteroatoms. The number of nitrogens with zero attached hydrogens (tertiary/aromatic N) is 3. The van der Waals surface area contributed by atoms with Gasteiger partial charge < -0.3 is 20.1 Å². The largest absolute Gasteiger partial charge is 0.497 e. The third-order valence-electron chi connectivity index (χ3n) is 5.61. The first-order chi connectivity index (χ1) is 16.6. The van der Waals surface area contributed by atoms with Crippen molar-refractivity contribution >= 4 is 28.9 Å². The number of carbonyl (C=O) groups excluding carboxylic acids is 1. The van der Waals surface area contributed by atoms with E-state index in [1.165, 1.54) is 0 Å². The van der Waals surface area contributed by atoms with Gasteiger partial charge in [-0.1, -0.05) is 18.2 Å². The summed E-state index contributed by atoms with van der Waals surface area (Å²) in [5.41, 5.74) is 2.73. The molecule has 3 heterocycles. The molecule has 0 aliphatic carbocycles. The van der Waals surface area contributed by atoms with Gasteiger partial charge in [-0.2, -0.15) is 4.98 Å². The minimum absolute atomic E-state index is 0.236. The summed E-state index contributed by atoms with van der Waals surface area (Å²) in [6, 6.07) is 18.4. The summed E-state index contributed by atoms with van der Waals surface area (Å²) in [5, 5.41) is 13.1. The van der Waals surface area contributed by atoms with E-state index in [0.717, 1.165) is 16.2 Å². The zero-order valence-corrected chi connectivity index (χ0v) is 19.7. The van der Waals surface area contributed by atoms with E-state index in [1.54, 1.807) is 30.2 Å². The Morgan fingerprint density at radius 1 is 1.06 bits per heavy atom. The van der Waals surface area contributed by atoms with Crippen LogP contribution in [-0.2, 0) is 4.79 Å². The lowest BCUT2D eigenvalue weighted by Crippen LogP contribution is -2.31. The molecule has 1 atom stereocenters. The summed E-state index contributed by atoms with van der Waals surface area (Å²) in [5.74, 6) is 2.26. The van der Waals surface area contributed by atoms with Gasteiger partial charge in [0.2, 0.25) is 5.95 Å². The predicted molar refractivity (Wildman–Crippen MR) is 132 cm³/mol. The van der Waals surface area contributed by atoms with E-state index in [2.05, 4.69) is 10.6 Å². The summed E-state index contributed by atoms with van der Waals surface area (Å²) in [6.07, 6.45) is 0. The molecule has 1 aliphatic rings. The van der Waals surface area contributed by atoms with Crippen LogP contribution >= 0.6 is 11.3 Å². The van der Waals surface area contributed by atoms with Crippen molar-refractivity contribution in [1.82, 2.24) is 14.8 Å². The van der Waals surface area contributed by atoms with Crippen molar-refractivity contribution in [3.63, 3.8) is 0 Å². The number of anilines is 2. The maximum Gasteiger partial charge on any atom is 0.256 e. The van der Waals surface area contributed by atoms with E-state index < -0.39 is 6.04 Å². The summed E-state index contributed by atoms with van der Waals surface area (Å²) < 4.78 is 12.4. The molecule has 0 spiro atoms. The second-order valence-corrected chi connectivity index (χ2v) is 8.65. The molecular formula is C25H23N5O3S. The maximum atomic E-state index is 13.6. The van der Waals surface area contributed by atoms with Gasteiger partial charge in [-0.25, -0.2) is 4.68 Å². The predicted octanol–water partition coefficient (Wildman–Crippen LogP) is 4.95. The molecule has 5 rings (SSSR count). The number of hydrogen-bond acceptors (Lipinski definition) is 7. The Hall–Kier alpha value is -4.11. The molecule has 0 saturated heterocycles. The van der Waals surface area contributed by atoms with Gasteiger partial charge in [0.25, 0.3) is 5.91 Å². The average molecular weight is 474 g/mol. The monoisotopic (exact) mass is 473 g/mol. The van der Waals surface area contributed by atoms with Crippen LogP contribution in [-0.4, -0.2) is 34.9 Å². The molecule has 172 valence electrons. The standard InChI is InChI=1S/C25H23N5O3S/c1-15-21(24(31)27-18-7-4-5-8-19(18)33-3)22(20-9-6-14-34-20)30-25(26-15)28-23(29-30)16-10-12-17(32-2)13-11-16/h4-14,22H,1-3H3,(H,27,31)(H,26,28,29). The first kappa shape index (κ1) is 21.7. The van der Waals surface area contributed by atoms with Crippen molar-refractivity contribution in [3.05, 3.63) is 82.2 Å². The smallest absolute Gasteiger partial charge is 0.256 e. The van der Waals surface area contributed by atoms with Gasteiger partial charge in [-0.05, 0) is 54.8 Å². The summed E-state index contributed by atoms with van der Waals surface area (Å²) in [4.78, 5) is 19.3. The highest BCUT2D eigenvalue weighted by molar-refractivity contribution is 7.10. The van der Waals surface area contributed by atoms with E-state index in [0.29, 0.717) is 34.5 Å². The van der Waals surface area contributed by atoms with Gasteiger partial charge in [0, 0.05) is 16.1 Å². The van der Waals surface area contributed by atoms with Gasteiger partial charge in [-0.15, -0.1) is 16.4 Å². The van der Waals surface area contributed by atoms with E-state index in [1.807, 2.05) is 73.0 Å². The molecule has 4 aromatic rings. The maximum absolute atomic E-state index is 13.6. The number of para-hydroxylation sites is 2. The van der Waals surface area contributed by atoms with Crippen LogP contribution in [0.4, 0.5) is 11.6 Å². The van der Waals surface area contributed by atoms with Crippen molar-refractivity contribution < 1.29 is 14.3 Å². The third-order valence-corrected chi connectivity index (χ3v) is 6.54. The molecule has 2 N–H and O–H groups in total. The molecule has 2 aromatic carbocycles. The summed E-state index contributed by atoms with van der Waals surface area (Å²) >= 11 is 1.57. The molecule has 0 radical (unpaired) electrons. The van der Waals surface area contributed by atoms with Gasteiger partial charge in [0.15, 0.2) is 5.82 Å². The number of nitrogens with one attached hydrogen (secondary N) is 2. The number of methoxy groups -OCH3 is 2. The lowest BCUT2D eigenvalue weighted by Gasteiger charge is -2.27. The number of fused-ring (bicyclic) bond motifs is 1. The molecule has 1 amide bonds. The molecule has 1 unspecified atom stereocenters. The normalized spacial score (nSPS) is 14.9. The van der Waals surface area contributed by atoms with Crippen LogP contribution in [0.5, 0.6) is 11.5 Å². The summed E-state index contributed by atoms with van der Waals surface area (Å²) in [7, 11) is 3.21. The number of ether oxygens (including phenoxy) is 2. The third kappa shape index (κ3) is 3.90. The SMILES string of the molecule is COc1ccc(-c2nc3n(n2)C(c2cccs2)C(C(=O)Nc2ccccc2OC)=C(C)N3)cc1. The number of aromatic nitrogens is 3. The highest BCUT2D eigenvalue weighted by atomic mass is 32.1. The van der Waals surface area contributed by atoms with Crippen LogP contribution in [0.15, 0.2) is 77.3 Å². The number of thiophene rings is 1. The Labute approximate surface area is 200 Å². The zero-order valence-electron chi connectivity index (χ0n) is 18.9. The van der Waals surface area contributed by atoms with Crippen molar-refractivity contribution in [3.8, 4) is 22.9 Å². The van der Waals surface area contributed by atoms with Crippen LogP contribution in [0, 0.1) is 0 Å². The van der Waals surface area contributed by atoms with Crippen molar-refractivity contribution in [2.24, 2.45) is 0 Å². The van der Waals surface area contributed by atoms with Crippen molar-refractivity contribution in [1.29, 1.82) is 0 Å². The first-order valence-corrected chi connectivity index (χ1v) is 11.5. The molecule has 0 fully saturated rings. The minimum Gasteiger partial charge on any atom is -0.497 e. The lowest BCUT2D eigenvalue weighted by molar-refractivity contribution is -0.113. The number of allylic oxidation sites excluding steroid dienone is 1. The molecule has 2 aromatic heterocycles. The fourth-order valence-corrected chi connectivity index (χ4v) is 4.77. The van der Waals surface area contributed by atoms with Gasteiger partial charge in [0.05, 0.1) is 25.5 Å². The molecule has 34 heavy (non-hydrogen) atoms. The van der Waals surface area contributed by atoms with E-state index >= 15 is 0 Å². The van der Waals surface area contributed by atoms with Crippen LogP contribution < -0.4 is 20.1 Å². The highest BCUT2D eigenvalue weighted by Crippen LogP contribution is 2.39. The number of hydrogen-bond donors (Lipinski definition) is 2. The van der Waals surface area contributed by atoms with Gasteiger partial charge >= 0.3 is 0 Å². The van der Waals surface area contributed by atoms with Crippen molar-refractivity contribution in [2.75, 3.05) is 24.9 Å². The second-order valence-electron chi connectivity index (χ2n) is 7.67. The van der Waals surface area contributed by atoms with E-state index in [-0.39, 0.29) is 5.91 Å². The Morgan fingerprint density at radius 2 is 1.85 bits per heavy atom. The second kappa shape index (κ2) is 9.03. The molecule has 0 bridgehead atoms. The van der Waals surface area contributed by atoms with Crippen LogP contribution in [0.3, 0.4) is 0 Å². The Morgan fingerprint density at radius 3 is 2.56 bits per heavy atom. The number of rotatable bonds is 6. The topological polar surface area (TPSA) is 90.3 Å². The Kier molecular flexibility index (Phi) is 5.77. The highest BCUT2D eigenvalue weighted by Gasteiger charge is 2.35. The molecule has 0 saturated carbocycles. The number of amides is 1. The van der Waals surface area contributed by atoms with Crippen LogP contribution in [0.2, 0.25) is 0 Å². The van der Waals surface area contributed by atoms with Gasteiger partial charge in [-0.3, -0.25) is 4.79 Å². The zero-order chi connectivity index (χ0) is 23.7. The Balaban J connectivity index is 1.55. The van der Waals surface area contributed by atoms with Crippen LogP contribution in [0.25, 0.3) is 11.4 Å². The minimum atomic E-state index is -0.426. The Bertz CT molecular complexity index is 1360.